The maximum absolute atomic E-state index is 12.7. The van der Waals surface area contributed by atoms with Crippen molar-refractivity contribution in [2.75, 3.05) is 24.5 Å². The summed E-state index contributed by atoms with van der Waals surface area (Å²) < 4.78 is 44.0. The number of fused-ring (bicyclic) bond motifs is 1. The lowest BCUT2D eigenvalue weighted by atomic mass is 9.93. The molecule has 1 aliphatic carbocycles. The molecule has 3 aromatic rings. The number of piperidine rings is 1. The molecule has 1 aromatic carbocycles. The van der Waals surface area contributed by atoms with Gasteiger partial charge in [-0.1, -0.05) is 12.1 Å². The Bertz CT molecular complexity index is 1260. The van der Waals surface area contributed by atoms with Crippen molar-refractivity contribution in [3.05, 3.63) is 42.5 Å². The number of hydrogen-bond donors (Lipinski definition) is 2. The molecule has 10 nitrogen and oxygen atoms in total. The van der Waals surface area contributed by atoms with Crippen LogP contribution in [-0.2, 0) is 17.9 Å². The van der Waals surface area contributed by atoms with E-state index >= 15 is 0 Å². The fourth-order valence-corrected chi connectivity index (χ4v) is 4.89. The van der Waals surface area contributed by atoms with E-state index in [-0.39, 0.29) is 24.3 Å². The van der Waals surface area contributed by atoms with Crippen LogP contribution in [0.5, 0.6) is 5.75 Å². The largest absolute Gasteiger partial charge is 0.573 e. The van der Waals surface area contributed by atoms with Gasteiger partial charge in [-0.25, -0.2) is 15.0 Å². The highest BCUT2D eigenvalue weighted by atomic mass is 19.4. The number of aliphatic hydroxyl groups excluding tert-OH is 1. The van der Waals surface area contributed by atoms with E-state index in [2.05, 4.69) is 19.7 Å². The zero-order chi connectivity index (χ0) is 26.2. The average Bonchev–Trinajstić information content (AvgIpc) is 3.58. The second kappa shape index (κ2) is 10.1. The molecule has 3 N–H and O–H groups in total. The Kier molecular flexibility index (Phi) is 6.90. The van der Waals surface area contributed by atoms with Crippen molar-refractivity contribution in [3.8, 4) is 5.75 Å². The van der Waals surface area contributed by atoms with Crippen molar-refractivity contribution in [2.45, 2.75) is 50.9 Å². The highest BCUT2D eigenvalue weighted by molar-refractivity contribution is 5.83. The fraction of sp³-hybridized carbons (Fsp3) is 0.500. The standard InChI is InChI=1S/C24H28F3N7O3/c25-24(26,27)37-18-3-1-2-15(8-18)9-34(17-4-5-17)23-21-22(29-13-30-23)33(14-31-21)10-16-6-7-32(11-19(16)35)12-20(28)36/h1-3,8,13-14,16-17,19,35H,4-7,9-12H2,(H2,28,36). The lowest BCUT2D eigenvalue weighted by molar-refractivity contribution is -0.274. The summed E-state index contributed by atoms with van der Waals surface area (Å²) >= 11 is 0. The van der Waals surface area contributed by atoms with Gasteiger partial charge in [0.05, 0.1) is 19.0 Å². The smallest absolute Gasteiger partial charge is 0.406 e. The van der Waals surface area contributed by atoms with Crippen LogP contribution in [0.15, 0.2) is 36.9 Å². The summed E-state index contributed by atoms with van der Waals surface area (Å²) in [6.45, 7) is 1.99. The molecule has 2 atom stereocenters. The minimum Gasteiger partial charge on any atom is -0.406 e. The average molecular weight is 520 g/mol. The molecule has 3 heterocycles. The van der Waals surface area contributed by atoms with Gasteiger partial charge in [0.2, 0.25) is 5.91 Å². The molecule has 1 saturated heterocycles. The first-order valence-electron chi connectivity index (χ1n) is 12.1. The molecule has 1 amide bonds. The third-order valence-electron chi connectivity index (χ3n) is 6.74. The number of hydrogen-bond acceptors (Lipinski definition) is 8. The van der Waals surface area contributed by atoms with E-state index in [0.29, 0.717) is 55.1 Å². The highest BCUT2D eigenvalue weighted by Gasteiger charge is 2.34. The van der Waals surface area contributed by atoms with Gasteiger partial charge in [-0.05, 0) is 43.5 Å². The van der Waals surface area contributed by atoms with Crippen LogP contribution in [0.1, 0.15) is 24.8 Å². The van der Waals surface area contributed by atoms with Crippen molar-refractivity contribution in [1.29, 1.82) is 0 Å². The van der Waals surface area contributed by atoms with Crippen molar-refractivity contribution in [3.63, 3.8) is 0 Å². The molecule has 0 spiro atoms. The molecule has 2 aromatic heterocycles. The Morgan fingerprint density at radius 1 is 1.22 bits per heavy atom. The quantitative estimate of drug-likeness (QED) is 0.441. The number of carbonyl (C=O) groups excluding carboxylic acids is 1. The zero-order valence-corrected chi connectivity index (χ0v) is 20.0. The molecule has 13 heteroatoms. The summed E-state index contributed by atoms with van der Waals surface area (Å²) in [7, 11) is 0. The summed E-state index contributed by atoms with van der Waals surface area (Å²) in [4.78, 5) is 28.6. The van der Waals surface area contributed by atoms with Crippen molar-refractivity contribution >= 4 is 22.9 Å². The minimum atomic E-state index is -4.76. The van der Waals surface area contributed by atoms with Gasteiger partial charge in [-0.2, -0.15) is 0 Å². The lowest BCUT2D eigenvalue weighted by Gasteiger charge is -2.35. The molecule has 2 unspecified atom stereocenters. The molecule has 0 radical (unpaired) electrons. The number of ether oxygens (including phenoxy) is 1. The number of halogens is 3. The Morgan fingerprint density at radius 2 is 2.03 bits per heavy atom. The zero-order valence-electron chi connectivity index (χ0n) is 20.0. The normalized spacial score (nSPS) is 20.8. The van der Waals surface area contributed by atoms with Crippen LogP contribution in [-0.4, -0.2) is 73.6 Å². The maximum atomic E-state index is 12.7. The van der Waals surface area contributed by atoms with Gasteiger partial charge in [-0.3, -0.25) is 9.69 Å². The van der Waals surface area contributed by atoms with E-state index in [9.17, 15) is 23.1 Å². The van der Waals surface area contributed by atoms with Gasteiger partial charge in [0.1, 0.15) is 12.1 Å². The molecule has 198 valence electrons. The number of rotatable bonds is 9. The van der Waals surface area contributed by atoms with Crippen molar-refractivity contribution in [1.82, 2.24) is 24.4 Å². The number of aromatic nitrogens is 4. The van der Waals surface area contributed by atoms with Gasteiger partial charge >= 0.3 is 6.36 Å². The first-order chi connectivity index (χ1) is 17.7. The van der Waals surface area contributed by atoms with Gasteiger partial charge in [-0.15, -0.1) is 13.2 Å². The molecule has 2 aliphatic rings. The molecule has 5 rings (SSSR count). The number of carbonyl (C=O) groups is 1. The SMILES string of the molecule is NC(=O)CN1CCC(Cn2cnc3c(N(Cc4cccc(OC(F)(F)F)c4)C4CC4)ncnc32)C(O)C1. The monoisotopic (exact) mass is 519 g/mol. The summed E-state index contributed by atoms with van der Waals surface area (Å²) in [6.07, 6.45) is 0.334. The Balaban J connectivity index is 1.35. The van der Waals surface area contributed by atoms with E-state index in [1.807, 2.05) is 14.4 Å². The van der Waals surface area contributed by atoms with Crippen LogP contribution in [0.2, 0.25) is 0 Å². The third-order valence-corrected chi connectivity index (χ3v) is 6.74. The van der Waals surface area contributed by atoms with Gasteiger partial charge in [0.15, 0.2) is 17.0 Å². The minimum absolute atomic E-state index is 0.0455. The van der Waals surface area contributed by atoms with Crippen LogP contribution in [0.3, 0.4) is 0 Å². The summed E-state index contributed by atoms with van der Waals surface area (Å²) in [5, 5.41) is 10.7. The van der Waals surface area contributed by atoms with Gasteiger partial charge in [0.25, 0.3) is 0 Å². The summed E-state index contributed by atoms with van der Waals surface area (Å²) in [6, 6.07) is 6.14. The number of amides is 1. The Hall–Kier alpha value is -3.45. The summed E-state index contributed by atoms with van der Waals surface area (Å²) in [5.41, 5.74) is 7.15. The Labute approximate surface area is 210 Å². The van der Waals surface area contributed by atoms with E-state index in [4.69, 9.17) is 5.73 Å². The van der Waals surface area contributed by atoms with E-state index < -0.39 is 18.4 Å². The number of primary amides is 1. The van der Waals surface area contributed by atoms with Crippen LogP contribution in [0, 0.1) is 5.92 Å². The van der Waals surface area contributed by atoms with E-state index in [1.54, 1.807) is 12.4 Å². The maximum Gasteiger partial charge on any atom is 0.573 e. The molecule has 37 heavy (non-hydrogen) atoms. The molecular weight excluding hydrogens is 491 g/mol. The van der Waals surface area contributed by atoms with Gasteiger partial charge < -0.3 is 25.0 Å². The molecule has 1 aliphatic heterocycles. The number of likely N-dealkylation sites (tertiary alicyclic amines) is 1. The number of aliphatic hydroxyl groups is 1. The van der Waals surface area contributed by atoms with Gasteiger partial charge in [0, 0.05) is 31.6 Å². The van der Waals surface area contributed by atoms with E-state index in [0.717, 1.165) is 12.8 Å². The molecule has 2 fully saturated rings. The predicted molar refractivity (Wildman–Crippen MR) is 127 cm³/mol. The number of β-amino-alcohol motifs (C(OH)–C–C–N with tert-alkyl or cyclic N) is 1. The van der Waals surface area contributed by atoms with E-state index in [1.165, 1.54) is 24.5 Å². The Morgan fingerprint density at radius 3 is 2.73 bits per heavy atom. The van der Waals surface area contributed by atoms with Crippen LogP contribution >= 0.6 is 0 Å². The number of alkyl halides is 3. The van der Waals surface area contributed by atoms with Crippen LogP contribution in [0.4, 0.5) is 19.0 Å². The molecular formula is C24H28F3N7O3. The topological polar surface area (TPSA) is 123 Å². The first-order valence-corrected chi connectivity index (χ1v) is 12.1. The third kappa shape index (κ3) is 6.10. The van der Waals surface area contributed by atoms with Crippen molar-refractivity contribution < 1.29 is 27.8 Å². The predicted octanol–water partition coefficient (Wildman–Crippen LogP) is 2.06. The van der Waals surface area contributed by atoms with Crippen LogP contribution < -0.4 is 15.4 Å². The first kappa shape index (κ1) is 25.2. The highest BCUT2D eigenvalue weighted by Crippen LogP contribution is 2.35. The fourth-order valence-electron chi connectivity index (χ4n) is 4.89. The number of anilines is 1. The number of nitrogens with two attached hydrogens (primary N) is 1. The second-order valence-electron chi connectivity index (χ2n) is 9.64. The molecule has 0 bridgehead atoms. The number of benzene rings is 1. The second-order valence-corrected chi connectivity index (χ2v) is 9.64. The van der Waals surface area contributed by atoms with Crippen LogP contribution in [0.25, 0.3) is 11.2 Å². The number of imidazole rings is 1. The summed E-state index contributed by atoms with van der Waals surface area (Å²) in [5.74, 6) is -0.116. The number of nitrogens with zero attached hydrogens (tertiary/aromatic N) is 6. The lowest BCUT2D eigenvalue weighted by Crippen LogP contribution is -2.47. The van der Waals surface area contributed by atoms with Crippen molar-refractivity contribution in [2.24, 2.45) is 11.7 Å². The molecule has 1 saturated carbocycles.